The van der Waals surface area contributed by atoms with Crippen LogP contribution in [0.25, 0.3) is 6.08 Å². The number of benzene rings is 3. The highest BCUT2D eigenvalue weighted by Gasteiger charge is 2.37. The molecule has 0 aliphatic carbocycles. The zero-order valence-corrected chi connectivity index (χ0v) is 21.4. The molecule has 0 aromatic heterocycles. The maximum Gasteiger partial charge on any atom is 0.335 e. The predicted molar refractivity (Wildman–Crippen MR) is 140 cm³/mol. The van der Waals surface area contributed by atoms with E-state index in [4.69, 9.17) is 16.3 Å². The van der Waals surface area contributed by atoms with Gasteiger partial charge in [-0.05, 0) is 60.9 Å². The number of hydrogen-bond donors (Lipinski definition) is 1. The van der Waals surface area contributed by atoms with Crippen molar-refractivity contribution in [2.24, 2.45) is 0 Å². The van der Waals surface area contributed by atoms with E-state index in [2.05, 4.69) is 21.2 Å². The number of ether oxygens (including phenoxy) is 1. The first-order valence-corrected chi connectivity index (χ1v) is 12.1. The maximum absolute atomic E-state index is 13.3. The summed E-state index contributed by atoms with van der Waals surface area (Å²) in [7, 11) is 0. The van der Waals surface area contributed by atoms with E-state index in [9.17, 15) is 14.4 Å². The van der Waals surface area contributed by atoms with Gasteiger partial charge in [-0.25, -0.2) is 9.69 Å². The minimum atomic E-state index is -0.780. The quantitative estimate of drug-likeness (QED) is 0.297. The van der Waals surface area contributed by atoms with Gasteiger partial charge in [-0.1, -0.05) is 63.9 Å². The Kier molecular flexibility index (Phi) is 7.38. The van der Waals surface area contributed by atoms with Crippen molar-refractivity contribution in [3.05, 3.63) is 98.0 Å². The smallest absolute Gasteiger partial charge is 0.335 e. The Balaban J connectivity index is 1.74. The van der Waals surface area contributed by atoms with Crippen LogP contribution >= 0.6 is 27.5 Å². The molecular formula is C27H22BrClN2O4. The van der Waals surface area contributed by atoms with Crippen molar-refractivity contribution in [1.29, 1.82) is 0 Å². The molecule has 0 saturated carbocycles. The molecule has 35 heavy (non-hydrogen) atoms. The van der Waals surface area contributed by atoms with E-state index >= 15 is 0 Å². The molecule has 0 radical (unpaired) electrons. The number of carbonyl (C=O) groups is 3. The van der Waals surface area contributed by atoms with Crippen molar-refractivity contribution in [1.82, 2.24) is 5.32 Å². The number of urea groups is 1. The Morgan fingerprint density at radius 1 is 1.06 bits per heavy atom. The number of para-hydroxylation sites is 1. The molecule has 1 aliphatic heterocycles. The van der Waals surface area contributed by atoms with Gasteiger partial charge in [0.05, 0.1) is 12.3 Å². The van der Waals surface area contributed by atoms with E-state index in [0.717, 1.165) is 26.1 Å². The van der Waals surface area contributed by atoms with E-state index in [1.54, 1.807) is 37.3 Å². The topological polar surface area (TPSA) is 75.7 Å². The molecule has 0 atom stereocenters. The minimum absolute atomic E-state index is 0.152. The number of amides is 4. The molecule has 3 aromatic rings. The average molecular weight is 554 g/mol. The standard InChI is InChI=1S/C27H22BrClN2O4/c1-3-35-24-14-17(13-21(28)19(24)15-18-9-5-6-10-22(18)29)12-20-25(32)30-27(34)31(26(20)33)23-11-7-4-8-16(23)2/h4-14H,3,15H2,1-2H3,(H,30,32,34)/b20-12+. The predicted octanol–water partition coefficient (Wildman–Crippen LogP) is 6.07. The number of hydrogen-bond acceptors (Lipinski definition) is 4. The van der Waals surface area contributed by atoms with Crippen LogP contribution in [0.1, 0.15) is 29.2 Å². The molecule has 4 rings (SSSR count). The molecule has 1 fully saturated rings. The molecule has 0 unspecified atom stereocenters. The first-order chi connectivity index (χ1) is 16.8. The monoisotopic (exact) mass is 552 g/mol. The third-order valence-electron chi connectivity index (χ3n) is 5.57. The second kappa shape index (κ2) is 10.5. The van der Waals surface area contributed by atoms with Crippen molar-refractivity contribution < 1.29 is 19.1 Å². The fourth-order valence-electron chi connectivity index (χ4n) is 3.86. The van der Waals surface area contributed by atoms with Crippen molar-refractivity contribution in [3.8, 4) is 5.75 Å². The molecule has 8 heteroatoms. The van der Waals surface area contributed by atoms with Crippen LogP contribution in [0.3, 0.4) is 0 Å². The van der Waals surface area contributed by atoms with Crippen molar-refractivity contribution in [2.75, 3.05) is 11.5 Å². The van der Waals surface area contributed by atoms with Crippen LogP contribution in [0.5, 0.6) is 5.75 Å². The summed E-state index contributed by atoms with van der Waals surface area (Å²) < 4.78 is 6.63. The van der Waals surface area contributed by atoms with E-state index in [-0.39, 0.29) is 5.57 Å². The van der Waals surface area contributed by atoms with Gasteiger partial charge in [-0.15, -0.1) is 0 Å². The lowest BCUT2D eigenvalue weighted by molar-refractivity contribution is -0.122. The lowest BCUT2D eigenvalue weighted by Gasteiger charge is -2.27. The molecule has 1 aliphatic rings. The van der Waals surface area contributed by atoms with Crippen LogP contribution in [0.4, 0.5) is 10.5 Å². The molecule has 3 aromatic carbocycles. The largest absolute Gasteiger partial charge is 0.494 e. The molecule has 1 N–H and O–H groups in total. The van der Waals surface area contributed by atoms with E-state index in [1.807, 2.05) is 37.3 Å². The summed E-state index contributed by atoms with van der Waals surface area (Å²) in [5.74, 6) is -0.842. The first-order valence-electron chi connectivity index (χ1n) is 11.0. The van der Waals surface area contributed by atoms with Crippen molar-refractivity contribution in [2.45, 2.75) is 20.3 Å². The van der Waals surface area contributed by atoms with Crippen LogP contribution in [-0.2, 0) is 16.0 Å². The van der Waals surface area contributed by atoms with Crippen LogP contribution in [-0.4, -0.2) is 24.5 Å². The molecule has 178 valence electrons. The third kappa shape index (κ3) is 5.16. The lowest BCUT2D eigenvalue weighted by Crippen LogP contribution is -2.54. The summed E-state index contributed by atoms with van der Waals surface area (Å²) in [6.07, 6.45) is 1.99. The number of aryl methyl sites for hydroxylation is 1. The Hall–Kier alpha value is -3.42. The van der Waals surface area contributed by atoms with Gasteiger partial charge in [-0.2, -0.15) is 0 Å². The number of barbiturate groups is 1. The van der Waals surface area contributed by atoms with Crippen LogP contribution in [0, 0.1) is 6.92 Å². The third-order valence-corrected chi connectivity index (χ3v) is 6.65. The van der Waals surface area contributed by atoms with E-state index < -0.39 is 17.8 Å². The Bertz CT molecular complexity index is 1370. The van der Waals surface area contributed by atoms with Gasteiger partial charge in [0.2, 0.25) is 0 Å². The molecule has 6 nitrogen and oxygen atoms in total. The average Bonchev–Trinajstić information content (AvgIpc) is 2.81. The minimum Gasteiger partial charge on any atom is -0.494 e. The zero-order chi connectivity index (χ0) is 25.1. The summed E-state index contributed by atoms with van der Waals surface area (Å²) in [4.78, 5) is 39.4. The highest BCUT2D eigenvalue weighted by molar-refractivity contribution is 9.10. The molecule has 0 spiro atoms. The number of halogens is 2. The molecule has 0 bridgehead atoms. The van der Waals surface area contributed by atoms with Gasteiger partial charge in [-0.3, -0.25) is 14.9 Å². The van der Waals surface area contributed by atoms with E-state index in [1.165, 1.54) is 6.08 Å². The molecule has 1 saturated heterocycles. The zero-order valence-electron chi connectivity index (χ0n) is 19.1. The second-order valence-corrected chi connectivity index (χ2v) is 9.19. The van der Waals surface area contributed by atoms with E-state index in [0.29, 0.717) is 35.1 Å². The van der Waals surface area contributed by atoms with Gasteiger partial charge < -0.3 is 4.74 Å². The van der Waals surface area contributed by atoms with Gasteiger partial charge >= 0.3 is 6.03 Å². The molecule has 4 amide bonds. The fraction of sp³-hybridized carbons (Fsp3) is 0.148. The summed E-state index contributed by atoms with van der Waals surface area (Å²) in [5, 5.41) is 2.91. The number of rotatable bonds is 6. The number of carbonyl (C=O) groups excluding carboxylic acids is 3. The Morgan fingerprint density at radius 2 is 1.77 bits per heavy atom. The summed E-state index contributed by atoms with van der Waals surface area (Å²) in [5.41, 5.74) is 3.39. The SMILES string of the molecule is CCOc1cc(/C=C2\C(=O)NC(=O)N(c3ccccc3C)C2=O)cc(Br)c1Cc1ccccc1Cl. The highest BCUT2D eigenvalue weighted by Crippen LogP contribution is 2.34. The van der Waals surface area contributed by atoms with Gasteiger partial charge in [0.1, 0.15) is 11.3 Å². The Labute approximate surface area is 216 Å². The summed E-state index contributed by atoms with van der Waals surface area (Å²) >= 11 is 9.97. The summed E-state index contributed by atoms with van der Waals surface area (Å²) in [6.45, 7) is 4.10. The molecular weight excluding hydrogens is 532 g/mol. The maximum atomic E-state index is 13.3. The van der Waals surface area contributed by atoms with Crippen molar-refractivity contribution >= 4 is 57.1 Å². The van der Waals surface area contributed by atoms with Crippen LogP contribution in [0.2, 0.25) is 5.02 Å². The first kappa shape index (κ1) is 24.7. The lowest BCUT2D eigenvalue weighted by atomic mass is 10.00. The fourth-order valence-corrected chi connectivity index (χ4v) is 4.66. The highest BCUT2D eigenvalue weighted by atomic mass is 79.9. The van der Waals surface area contributed by atoms with Crippen molar-refractivity contribution in [3.63, 3.8) is 0 Å². The second-order valence-electron chi connectivity index (χ2n) is 7.92. The van der Waals surface area contributed by atoms with Crippen LogP contribution < -0.4 is 15.0 Å². The summed E-state index contributed by atoms with van der Waals surface area (Å²) in [6, 6.07) is 17.3. The normalized spacial score (nSPS) is 14.9. The van der Waals surface area contributed by atoms with Gasteiger partial charge in [0.25, 0.3) is 11.8 Å². The Morgan fingerprint density at radius 3 is 2.49 bits per heavy atom. The van der Waals surface area contributed by atoms with Gasteiger partial charge in [0, 0.05) is 21.5 Å². The van der Waals surface area contributed by atoms with Gasteiger partial charge in [0.15, 0.2) is 0 Å². The van der Waals surface area contributed by atoms with Crippen LogP contribution in [0.15, 0.2) is 70.7 Å². The molecule has 1 heterocycles. The number of anilines is 1. The number of nitrogens with one attached hydrogen (secondary N) is 1. The number of nitrogens with zero attached hydrogens (tertiary/aromatic N) is 1. The number of imide groups is 2.